The lowest BCUT2D eigenvalue weighted by molar-refractivity contribution is 0.138. The first kappa shape index (κ1) is 20.6. The van der Waals surface area contributed by atoms with Gasteiger partial charge < -0.3 is 20.1 Å². The van der Waals surface area contributed by atoms with E-state index < -0.39 is 0 Å². The summed E-state index contributed by atoms with van der Waals surface area (Å²) in [5, 5.41) is 6.94. The summed E-state index contributed by atoms with van der Waals surface area (Å²) < 4.78 is 11.0. The lowest BCUT2D eigenvalue weighted by atomic mass is 9.83. The molecule has 0 atom stereocenters. The topological polar surface area (TPSA) is 54.9 Å². The zero-order chi connectivity index (χ0) is 18.8. The number of methoxy groups -OCH3 is 1. The van der Waals surface area contributed by atoms with Crippen LogP contribution in [-0.2, 0) is 11.3 Å². The Bertz CT molecular complexity index is 549. The smallest absolute Gasteiger partial charge is 0.191 e. The summed E-state index contributed by atoms with van der Waals surface area (Å²) in [7, 11) is 3.61. The molecule has 2 N–H and O–H groups in total. The molecule has 0 radical (unpaired) electrons. The number of ether oxygens (including phenoxy) is 2. The van der Waals surface area contributed by atoms with Gasteiger partial charge in [-0.05, 0) is 56.2 Å². The standard InChI is InChI=1S/C21H35N3O2/c1-17(2)26-19-9-7-18(8-10-19)15-23-20(22-3)24-16-21(13-14-25-4)11-5-6-12-21/h7-10,17H,5-6,11-16H2,1-4H3,(H2,22,23,24). The van der Waals surface area contributed by atoms with Crippen molar-refractivity contribution in [3.05, 3.63) is 29.8 Å². The SMILES string of the molecule is CN=C(NCc1ccc(OC(C)C)cc1)NCC1(CCOC)CCCC1. The Kier molecular flexibility index (Phi) is 8.23. The Morgan fingerprint density at radius 3 is 2.42 bits per heavy atom. The van der Waals surface area contributed by atoms with E-state index >= 15 is 0 Å². The predicted molar refractivity (Wildman–Crippen MR) is 108 cm³/mol. The van der Waals surface area contributed by atoms with Gasteiger partial charge in [0.2, 0.25) is 0 Å². The molecule has 1 aliphatic carbocycles. The molecule has 26 heavy (non-hydrogen) atoms. The van der Waals surface area contributed by atoms with E-state index in [1.165, 1.54) is 31.2 Å². The first-order chi connectivity index (χ1) is 12.6. The monoisotopic (exact) mass is 361 g/mol. The average molecular weight is 362 g/mol. The number of guanidine groups is 1. The van der Waals surface area contributed by atoms with Gasteiger partial charge in [-0.3, -0.25) is 4.99 Å². The van der Waals surface area contributed by atoms with Crippen molar-refractivity contribution in [1.82, 2.24) is 10.6 Å². The highest BCUT2D eigenvalue weighted by Gasteiger charge is 2.33. The summed E-state index contributed by atoms with van der Waals surface area (Å²) in [5.74, 6) is 1.77. The van der Waals surface area contributed by atoms with Crippen LogP contribution in [-0.4, -0.2) is 39.4 Å². The quantitative estimate of drug-likeness (QED) is 0.520. The van der Waals surface area contributed by atoms with Gasteiger partial charge in [-0.1, -0.05) is 25.0 Å². The Hall–Kier alpha value is -1.75. The third kappa shape index (κ3) is 6.52. The zero-order valence-electron chi connectivity index (χ0n) is 16.8. The van der Waals surface area contributed by atoms with E-state index in [0.29, 0.717) is 5.41 Å². The van der Waals surface area contributed by atoms with Gasteiger partial charge in [0.1, 0.15) is 5.75 Å². The molecule has 5 heteroatoms. The largest absolute Gasteiger partial charge is 0.491 e. The molecular formula is C21H35N3O2. The van der Waals surface area contributed by atoms with E-state index in [1.807, 2.05) is 33.0 Å². The van der Waals surface area contributed by atoms with E-state index in [9.17, 15) is 0 Å². The second-order valence-corrected chi connectivity index (χ2v) is 7.54. The van der Waals surface area contributed by atoms with Crippen LogP contribution < -0.4 is 15.4 Å². The van der Waals surface area contributed by atoms with E-state index in [2.05, 4.69) is 27.8 Å². The Balaban J connectivity index is 1.81. The lowest BCUT2D eigenvalue weighted by Gasteiger charge is -2.30. The molecule has 1 saturated carbocycles. The second kappa shape index (κ2) is 10.4. The molecule has 1 aromatic rings. The molecule has 0 saturated heterocycles. The summed E-state index contributed by atoms with van der Waals surface area (Å²) in [4.78, 5) is 4.37. The van der Waals surface area contributed by atoms with Gasteiger partial charge in [-0.15, -0.1) is 0 Å². The molecule has 0 spiro atoms. The highest BCUT2D eigenvalue weighted by Crippen LogP contribution is 2.40. The second-order valence-electron chi connectivity index (χ2n) is 7.54. The first-order valence-corrected chi connectivity index (χ1v) is 9.76. The number of rotatable bonds is 9. The molecule has 0 heterocycles. The molecule has 0 aliphatic heterocycles. The molecule has 5 nitrogen and oxygen atoms in total. The molecule has 0 aromatic heterocycles. The minimum atomic E-state index is 0.197. The van der Waals surface area contributed by atoms with E-state index in [1.54, 1.807) is 7.11 Å². The fourth-order valence-corrected chi connectivity index (χ4v) is 3.59. The lowest BCUT2D eigenvalue weighted by Crippen LogP contribution is -2.43. The van der Waals surface area contributed by atoms with Crippen LogP contribution in [0.2, 0.25) is 0 Å². The number of aliphatic imine (C=N–C) groups is 1. The molecule has 146 valence electrons. The summed E-state index contributed by atoms with van der Waals surface area (Å²) in [5.41, 5.74) is 1.56. The molecule has 1 aliphatic rings. The Labute approximate surface area is 158 Å². The Morgan fingerprint density at radius 1 is 1.15 bits per heavy atom. The summed E-state index contributed by atoms with van der Waals surface area (Å²) in [6.07, 6.45) is 6.51. The maximum Gasteiger partial charge on any atom is 0.191 e. The third-order valence-corrected chi connectivity index (χ3v) is 5.11. The van der Waals surface area contributed by atoms with Crippen LogP contribution in [0.15, 0.2) is 29.3 Å². The van der Waals surface area contributed by atoms with Crippen molar-refractivity contribution in [2.75, 3.05) is 27.3 Å². The van der Waals surface area contributed by atoms with Crippen molar-refractivity contribution in [3.63, 3.8) is 0 Å². The van der Waals surface area contributed by atoms with Crippen LogP contribution in [0.5, 0.6) is 5.75 Å². The molecule has 2 rings (SSSR count). The molecule has 1 fully saturated rings. The van der Waals surface area contributed by atoms with Gasteiger partial charge in [-0.25, -0.2) is 0 Å². The highest BCUT2D eigenvalue weighted by atomic mass is 16.5. The number of nitrogens with zero attached hydrogens (tertiary/aromatic N) is 1. The van der Waals surface area contributed by atoms with Crippen molar-refractivity contribution in [3.8, 4) is 5.75 Å². The number of benzene rings is 1. The minimum Gasteiger partial charge on any atom is -0.491 e. The molecular weight excluding hydrogens is 326 g/mol. The van der Waals surface area contributed by atoms with Crippen LogP contribution in [0, 0.1) is 5.41 Å². The molecule has 0 amide bonds. The minimum absolute atomic E-state index is 0.197. The Morgan fingerprint density at radius 2 is 1.85 bits per heavy atom. The van der Waals surface area contributed by atoms with E-state index in [4.69, 9.17) is 9.47 Å². The third-order valence-electron chi connectivity index (χ3n) is 5.11. The normalized spacial score (nSPS) is 16.7. The van der Waals surface area contributed by atoms with Gasteiger partial charge in [0.05, 0.1) is 6.10 Å². The van der Waals surface area contributed by atoms with Gasteiger partial charge in [0.25, 0.3) is 0 Å². The summed E-state index contributed by atoms with van der Waals surface area (Å²) >= 11 is 0. The van der Waals surface area contributed by atoms with Gasteiger partial charge in [0.15, 0.2) is 5.96 Å². The highest BCUT2D eigenvalue weighted by molar-refractivity contribution is 5.79. The summed E-state index contributed by atoms with van der Waals surface area (Å²) in [6, 6.07) is 8.22. The van der Waals surface area contributed by atoms with Crippen LogP contribution in [0.25, 0.3) is 0 Å². The maximum absolute atomic E-state index is 5.69. The van der Waals surface area contributed by atoms with Gasteiger partial charge in [0, 0.05) is 33.9 Å². The van der Waals surface area contributed by atoms with Gasteiger partial charge in [-0.2, -0.15) is 0 Å². The molecule has 1 aromatic carbocycles. The van der Waals surface area contributed by atoms with Crippen LogP contribution >= 0.6 is 0 Å². The average Bonchev–Trinajstić information content (AvgIpc) is 3.10. The van der Waals surface area contributed by atoms with Crippen LogP contribution in [0.4, 0.5) is 0 Å². The first-order valence-electron chi connectivity index (χ1n) is 9.76. The number of hydrogen-bond donors (Lipinski definition) is 2. The fourth-order valence-electron chi connectivity index (χ4n) is 3.59. The number of hydrogen-bond acceptors (Lipinski definition) is 3. The van der Waals surface area contributed by atoms with Crippen molar-refractivity contribution >= 4 is 5.96 Å². The van der Waals surface area contributed by atoms with Crippen LogP contribution in [0.3, 0.4) is 0 Å². The van der Waals surface area contributed by atoms with Crippen molar-refractivity contribution in [2.45, 2.75) is 58.6 Å². The van der Waals surface area contributed by atoms with Crippen molar-refractivity contribution < 1.29 is 9.47 Å². The zero-order valence-corrected chi connectivity index (χ0v) is 16.8. The summed E-state index contributed by atoms with van der Waals surface area (Å²) in [6.45, 7) is 6.60. The van der Waals surface area contributed by atoms with Crippen molar-refractivity contribution in [1.29, 1.82) is 0 Å². The van der Waals surface area contributed by atoms with Crippen molar-refractivity contribution in [2.24, 2.45) is 10.4 Å². The van der Waals surface area contributed by atoms with E-state index in [0.717, 1.165) is 37.8 Å². The fraction of sp³-hybridized carbons (Fsp3) is 0.667. The number of nitrogens with one attached hydrogen (secondary N) is 2. The van der Waals surface area contributed by atoms with Gasteiger partial charge >= 0.3 is 0 Å². The van der Waals surface area contributed by atoms with E-state index in [-0.39, 0.29) is 6.10 Å². The predicted octanol–water partition coefficient (Wildman–Crippen LogP) is 3.74. The molecule has 0 bridgehead atoms. The van der Waals surface area contributed by atoms with Crippen LogP contribution in [0.1, 0.15) is 51.5 Å². The maximum atomic E-state index is 5.69. The molecule has 0 unspecified atom stereocenters.